The molecule has 2 saturated heterocycles. The second-order valence-electron chi connectivity index (χ2n) is 24.8. The van der Waals surface area contributed by atoms with Gasteiger partial charge in [-0.25, -0.2) is 9.18 Å². The van der Waals surface area contributed by atoms with Gasteiger partial charge in [-0.1, -0.05) is 46.3 Å². The lowest BCUT2D eigenvalue weighted by molar-refractivity contribution is -0.301. The van der Waals surface area contributed by atoms with Gasteiger partial charge >= 0.3 is 17.9 Å². The smallest absolute Gasteiger partial charge is 0.338 e. The molecule has 18 heteroatoms. The van der Waals surface area contributed by atoms with Gasteiger partial charge in [-0.2, -0.15) is 0 Å². The first kappa shape index (κ1) is 60.3. The third kappa shape index (κ3) is 10.8. The molecular formula is C56H91FN2O15. The van der Waals surface area contributed by atoms with Crippen molar-refractivity contribution < 1.29 is 77.9 Å². The zero-order valence-electron chi connectivity index (χ0n) is 46.6. The molecule has 2 heterocycles. The van der Waals surface area contributed by atoms with Gasteiger partial charge in [0.1, 0.15) is 17.8 Å². The molecule has 4 aliphatic carbocycles. The summed E-state index contributed by atoms with van der Waals surface area (Å²) >= 11 is 0. The first-order valence-corrected chi connectivity index (χ1v) is 27.3. The number of unbranched alkanes of at least 4 members (excludes halogenated alkanes) is 1. The van der Waals surface area contributed by atoms with Crippen molar-refractivity contribution in [2.24, 2.45) is 46.3 Å². The van der Waals surface area contributed by atoms with Crippen molar-refractivity contribution in [3.63, 3.8) is 0 Å². The molecule has 22 atom stereocenters. The Morgan fingerprint density at radius 1 is 0.946 bits per heavy atom. The van der Waals surface area contributed by atoms with Gasteiger partial charge in [-0.15, -0.1) is 0 Å². The summed E-state index contributed by atoms with van der Waals surface area (Å²) in [6.07, 6.45) is -2.69. The maximum atomic E-state index is 17.7. The largest absolute Gasteiger partial charge is 0.464 e. The molecule has 5 fully saturated rings. The van der Waals surface area contributed by atoms with E-state index in [0.29, 0.717) is 37.8 Å². The van der Waals surface area contributed by atoms with Crippen LogP contribution in [-0.2, 0) is 42.9 Å². The highest BCUT2D eigenvalue weighted by atomic mass is 19.1. The van der Waals surface area contributed by atoms with Crippen molar-refractivity contribution in [2.75, 3.05) is 34.3 Å². The summed E-state index contributed by atoms with van der Waals surface area (Å²) in [5.74, 6) is -6.55. The van der Waals surface area contributed by atoms with Gasteiger partial charge in [-0.3, -0.25) is 14.4 Å². The number of aliphatic hydroxyl groups is 6. The molecule has 0 aromatic carbocycles. The Hall–Kier alpha value is -2.91. The second kappa shape index (κ2) is 22.4. The predicted molar refractivity (Wildman–Crippen MR) is 271 cm³/mol. The first-order chi connectivity index (χ1) is 34.2. The van der Waals surface area contributed by atoms with Crippen LogP contribution >= 0.6 is 0 Å². The molecule has 17 nitrogen and oxygen atoms in total. The predicted octanol–water partition coefficient (Wildman–Crippen LogP) is 4.59. The van der Waals surface area contributed by atoms with Gasteiger partial charge in [0.25, 0.3) is 0 Å². The Kier molecular flexibility index (Phi) is 18.3. The average molecular weight is 1050 g/mol. The number of cyclic esters (lactones) is 1. The lowest BCUT2D eigenvalue weighted by atomic mass is 9.45. The third-order valence-corrected chi connectivity index (χ3v) is 19.2. The molecule has 0 amide bonds. The van der Waals surface area contributed by atoms with E-state index in [0.717, 1.165) is 0 Å². The molecule has 0 spiro atoms. The van der Waals surface area contributed by atoms with E-state index in [1.165, 1.54) is 26.0 Å². The summed E-state index contributed by atoms with van der Waals surface area (Å²) in [7, 11) is 5.48. The molecule has 2 aliphatic heterocycles. The minimum Gasteiger partial charge on any atom is -0.464 e. The number of likely N-dealkylation sites (N-methyl/N-ethyl adjacent to an activating group) is 2. The number of carbonyl (C=O) groups is 4. The van der Waals surface area contributed by atoms with Crippen LogP contribution in [0.4, 0.5) is 4.39 Å². The molecule has 4 unspecified atom stereocenters. The zero-order valence-corrected chi connectivity index (χ0v) is 46.6. The lowest BCUT2D eigenvalue weighted by Crippen LogP contribution is -2.69. The standard InChI is InChI=1S/C56H91FN2O15/c1-15-42-54(11,68)46(64)35(7)59(14)29-30(2)27-53(10,67)47(33(5)44(63)34(6)48(65)72-42)74-49-45(40(58(12)13)25-32(4)71-49)73-43(62)18-16-17-23-70-50(66)56(69)31(3)24-39-38-20-19-36-26-37(60)21-22-51(36,8)55(38,57)41(61)28-52(39,56)9/h21-22,26,30-35,38-42,44-47,49,61,63-64,67-69H,15-20,23-25,27-29H2,1-14H3/t30-,31-,32?,33+,34-,35-,38?,39?,40-,41+,42-,44+,45-,46-,47-,49?,51+,52+,53-,54-,55+,56+/m1/s1. The van der Waals surface area contributed by atoms with Crippen LogP contribution in [0.1, 0.15) is 140 Å². The summed E-state index contributed by atoms with van der Waals surface area (Å²) < 4.78 is 48.7. The number of aliphatic hydroxyl groups excluding tert-OH is 3. The van der Waals surface area contributed by atoms with E-state index in [-0.39, 0.29) is 62.9 Å². The molecular weight excluding hydrogens is 960 g/mol. The van der Waals surface area contributed by atoms with Crippen molar-refractivity contribution >= 4 is 23.7 Å². The van der Waals surface area contributed by atoms with Gasteiger partial charge in [0.15, 0.2) is 29.4 Å². The second-order valence-corrected chi connectivity index (χ2v) is 24.8. The van der Waals surface area contributed by atoms with E-state index >= 15 is 4.39 Å². The minimum atomic E-state index is -2.11. The Morgan fingerprint density at radius 2 is 1.61 bits per heavy atom. The maximum absolute atomic E-state index is 17.7. The number of halogens is 1. The molecule has 6 rings (SSSR count). The van der Waals surface area contributed by atoms with Gasteiger partial charge < -0.3 is 64.1 Å². The highest BCUT2D eigenvalue weighted by molar-refractivity contribution is 6.01. The van der Waals surface area contributed by atoms with Crippen LogP contribution in [-0.4, -0.2) is 182 Å². The fourth-order valence-electron chi connectivity index (χ4n) is 14.7. The van der Waals surface area contributed by atoms with E-state index in [1.807, 2.05) is 37.7 Å². The van der Waals surface area contributed by atoms with Gasteiger partial charge in [0, 0.05) is 41.7 Å². The van der Waals surface area contributed by atoms with Gasteiger partial charge in [0.2, 0.25) is 0 Å². The molecule has 0 aromatic rings. The molecule has 0 bridgehead atoms. The van der Waals surface area contributed by atoms with E-state index in [4.69, 9.17) is 23.7 Å². The summed E-state index contributed by atoms with van der Waals surface area (Å²) in [4.78, 5) is 57.7. The number of esters is 3. The molecule has 6 aliphatic rings. The van der Waals surface area contributed by atoms with Crippen LogP contribution in [0.15, 0.2) is 23.8 Å². The summed E-state index contributed by atoms with van der Waals surface area (Å²) in [6.45, 7) is 18.9. The van der Waals surface area contributed by atoms with Crippen LogP contribution in [0, 0.1) is 46.3 Å². The number of allylic oxidation sites excluding steroid dienone is 4. The Labute approximate surface area is 438 Å². The van der Waals surface area contributed by atoms with Crippen molar-refractivity contribution in [3.8, 4) is 0 Å². The van der Waals surface area contributed by atoms with Crippen molar-refractivity contribution in [3.05, 3.63) is 23.8 Å². The molecule has 0 aromatic heterocycles. The van der Waals surface area contributed by atoms with E-state index < -0.39 is 136 Å². The highest BCUT2D eigenvalue weighted by Gasteiger charge is 2.76. The van der Waals surface area contributed by atoms with Crippen LogP contribution in [0.3, 0.4) is 0 Å². The first-order valence-electron chi connectivity index (χ1n) is 27.3. The Balaban J connectivity index is 1.14. The number of fused-ring (bicyclic) bond motifs is 5. The Morgan fingerprint density at radius 3 is 2.24 bits per heavy atom. The molecule has 74 heavy (non-hydrogen) atoms. The highest BCUT2D eigenvalue weighted by Crippen LogP contribution is 2.70. The number of ketones is 1. The van der Waals surface area contributed by atoms with Crippen LogP contribution < -0.4 is 0 Å². The SMILES string of the molecule is CC[C@H]1OC(=O)[C@H](C)[C@@H](O)[C@H](C)[C@@H](OC2OC(C)C[C@@H](N(C)C)[C@H]2OC(=O)CCCCOC(=O)[C@@]2(O)[C@H](C)CC3C4CCC5=CC(=O)C=C[C@]5(C)[C@@]4(F)[C@@H](O)C[C@@]32C)[C@](C)(O)C[C@@H](C)CN(C)[C@H](C)[C@@H](O)[C@]1(C)O. The molecule has 0 radical (unpaired) electrons. The number of alkyl halides is 1. The average Bonchev–Trinajstić information content (AvgIpc) is 3.52. The number of hydrogen-bond acceptors (Lipinski definition) is 17. The number of hydrogen-bond donors (Lipinski definition) is 6. The van der Waals surface area contributed by atoms with Crippen molar-refractivity contribution in [1.29, 1.82) is 0 Å². The maximum Gasteiger partial charge on any atom is 0.338 e. The van der Waals surface area contributed by atoms with Crippen LogP contribution in [0.25, 0.3) is 0 Å². The summed E-state index contributed by atoms with van der Waals surface area (Å²) in [5, 5.41) is 71.6. The number of rotatable bonds is 11. The quantitative estimate of drug-likeness (QED) is 0.0942. The van der Waals surface area contributed by atoms with E-state index in [1.54, 1.807) is 61.6 Å². The zero-order chi connectivity index (χ0) is 55.4. The topological polar surface area (TPSA) is 242 Å². The van der Waals surface area contributed by atoms with E-state index in [2.05, 4.69) is 0 Å². The van der Waals surface area contributed by atoms with Crippen molar-refractivity contribution in [2.45, 2.75) is 224 Å². The van der Waals surface area contributed by atoms with Gasteiger partial charge in [-0.05, 0) is 150 Å². The molecule has 422 valence electrons. The number of carbonyl (C=O) groups excluding carboxylic acids is 4. The van der Waals surface area contributed by atoms with Crippen LogP contribution in [0.5, 0.6) is 0 Å². The fraction of sp³-hybridized carbons (Fsp3) is 0.857. The van der Waals surface area contributed by atoms with Crippen molar-refractivity contribution in [1.82, 2.24) is 9.80 Å². The summed E-state index contributed by atoms with van der Waals surface area (Å²) in [6, 6.07) is -1.00. The summed E-state index contributed by atoms with van der Waals surface area (Å²) in [5.41, 5.74) is -9.42. The van der Waals surface area contributed by atoms with E-state index in [9.17, 15) is 49.8 Å². The third-order valence-electron chi connectivity index (χ3n) is 19.2. The molecule has 6 N–H and O–H groups in total. The minimum absolute atomic E-state index is 0.0850. The lowest BCUT2D eigenvalue weighted by Gasteiger charge is -2.62. The van der Waals surface area contributed by atoms with Crippen LogP contribution in [0.2, 0.25) is 0 Å². The number of nitrogens with zero attached hydrogens (tertiary/aromatic N) is 2. The molecule has 3 saturated carbocycles. The normalized spacial score (nSPS) is 47.6. The number of ether oxygens (including phenoxy) is 5. The monoisotopic (exact) mass is 1050 g/mol. The Bertz CT molecular complexity index is 2100. The van der Waals surface area contributed by atoms with Gasteiger partial charge in [0.05, 0.1) is 48.6 Å². The fourth-order valence-corrected chi connectivity index (χ4v) is 14.7.